The van der Waals surface area contributed by atoms with E-state index in [9.17, 15) is 28.4 Å². The highest BCUT2D eigenvalue weighted by Crippen LogP contribution is 2.75. The van der Waals surface area contributed by atoms with Gasteiger partial charge in [-0.25, -0.2) is 13.1 Å². The van der Waals surface area contributed by atoms with Crippen molar-refractivity contribution < 1.29 is 23.1 Å². The molecule has 5 aliphatic carbocycles. The van der Waals surface area contributed by atoms with Gasteiger partial charge in [-0.1, -0.05) is 54.5 Å². The second kappa shape index (κ2) is 8.86. The predicted octanol–water partition coefficient (Wildman–Crippen LogP) is 5.40. The van der Waals surface area contributed by atoms with Gasteiger partial charge in [0.25, 0.3) is 0 Å². The van der Waals surface area contributed by atoms with Gasteiger partial charge in [-0.05, 0) is 86.7 Å². The molecule has 41 heavy (non-hydrogen) atoms. The van der Waals surface area contributed by atoms with Gasteiger partial charge in [-0.2, -0.15) is 5.26 Å². The molecule has 226 valence electrons. The van der Waals surface area contributed by atoms with Crippen LogP contribution in [-0.2, 0) is 19.6 Å². The Kier molecular flexibility index (Phi) is 6.62. The highest BCUT2D eigenvalue weighted by molar-refractivity contribution is 7.89. The van der Waals surface area contributed by atoms with Gasteiger partial charge in [0.2, 0.25) is 10.0 Å². The summed E-state index contributed by atoms with van der Waals surface area (Å²) in [6.45, 7) is 16.1. The van der Waals surface area contributed by atoms with Crippen LogP contribution in [0.3, 0.4) is 0 Å². The predicted molar refractivity (Wildman–Crippen MR) is 158 cm³/mol. The highest BCUT2D eigenvalue weighted by Gasteiger charge is 2.75. The zero-order valence-corrected chi connectivity index (χ0v) is 26.9. The number of rotatable bonds is 4. The van der Waals surface area contributed by atoms with Crippen molar-refractivity contribution in [2.24, 2.45) is 38.9 Å². The molecule has 8 unspecified atom stereocenters. The van der Waals surface area contributed by atoms with Crippen LogP contribution in [0, 0.1) is 50.2 Å². The monoisotopic (exact) mass is 584 g/mol. The van der Waals surface area contributed by atoms with E-state index in [1.807, 2.05) is 33.8 Å². The second-order valence-corrected chi connectivity index (χ2v) is 17.7. The maximum absolute atomic E-state index is 14.5. The van der Waals surface area contributed by atoms with E-state index in [4.69, 9.17) is 0 Å². The number of Topliss-reactive ketones (excluding diaryl/α,β-unsaturated/α-hetero) is 1. The Morgan fingerprint density at radius 2 is 1.63 bits per heavy atom. The molecule has 0 aromatic carbocycles. The average molecular weight is 585 g/mol. The van der Waals surface area contributed by atoms with Crippen LogP contribution in [0.1, 0.15) is 107 Å². The molecule has 8 heteroatoms. The molecular formula is C33H48N2O5S. The first-order chi connectivity index (χ1) is 18.7. The summed E-state index contributed by atoms with van der Waals surface area (Å²) in [5.74, 6) is -0.892. The number of aliphatic hydroxyl groups is 1. The Morgan fingerprint density at radius 3 is 2.24 bits per heavy atom. The summed E-state index contributed by atoms with van der Waals surface area (Å²) in [6.07, 6.45) is 8.76. The molecule has 3 saturated carbocycles. The molecule has 8 atom stereocenters. The van der Waals surface area contributed by atoms with Crippen LogP contribution in [0.4, 0.5) is 0 Å². The van der Waals surface area contributed by atoms with Crippen molar-refractivity contribution in [2.75, 3.05) is 5.75 Å². The SMILES string of the molecule is CCCS(=O)(=O)NC1(C)CCC2(C)CCC3(C)C4(C)CCC5C(C)(C)C(=O)C(C#N)=CC5(C)C4=CC(=O)C3(O)C2C1. The number of ketones is 2. The van der Waals surface area contributed by atoms with Crippen molar-refractivity contribution >= 4 is 21.6 Å². The number of carbonyl (C=O) groups is 2. The van der Waals surface area contributed by atoms with E-state index < -0.39 is 48.7 Å². The quantitative estimate of drug-likeness (QED) is 0.456. The molecule has 0 amide bonds. The molecule has 5 aliphatic rings. The highest BCUT2D eigenvalue weighted by atomic mass is 32.2. The standard InChI is InChI=1S/C33H48N2O5S/c1-9-16-41(39,40)35-29(5)14-12-28(4)13-15-32(8)31(7)11-10-22-27(2,3)26(37)21(20-34)18-30(22,6)23(31)17-25(36)33(32,38)24(28)19-29/h17-18,22,24,35,38H,9-16,19H2,1-8H3. The molecule has 7 nitrogen and oxygen atoms in total. The van der Waals surface area contributed by atoms with Crippen LogP contribution in [0.2, 0.25) is 0 Å². The molecule has 0 saturated heterocycles. The van der Waals surface area contributed by atoms with Gasteiger partial charge in [0.1, 0.15) is 11.7 Å². The topological polar surface area (TPSA) is 124 Å². The maximum atomic E-state index is 14.5. The molecule has 0 heterocycles. The Labute approximate surface area is 246 Å². The summed E-state index contributed by atoms with van der Waals surface area (Å²) in [5, 5.41) is 22.8. The fourth-order valence-electron chi connectivity index (χ4n) is 10.5. The Bertz CT molecular complexity index is 1420. The second-order valence-electron chi connectivity index (χ2n) is 15.8. The maximum Gasteiger partial charge on any atom is 0.212 e. The summed E-state index contributed by atoms with van der Waals surface area (Å²) in [7, 11) is -3.49. The lowest BCUT2D eigenvalue weighted by molar-refractivity contribution is -0.239. The lowest BCUT2D eigenvalue weighted by atomic mass is 9.33. The summed E-state index contributed by atoms with van der Waals surface area (Å²) < 4.78 is 28.7. The number of sulfonamides is 1. The molecular weight excluding hydrogens is 536 g/mol. The summed E-state index contributed by atoms with van der Waals surface area (Å²) >= 11 is 0. The Balaban J connectivity index is 1.66. The van der Waals surface area contributed by atoms with E-state index in [2.05, 4.69) is 38.5 Å². The first kappa shape index (κ1) is 30.6. The number of nitrogens with one attached hydrogen (secondary N) is 1. The molecule has 0 radical (unpaired) electrons. The molecule has 0 aromatic rings. The van der Waals surface area contributed by atoms with Crippen molar-refractivity contribution in [1.82, 2.24) is 4.72 Å². The molecule has 0 aromatic heterocycles. The van der Waals surface area contributed by atoms with Crippen molar-refractivity contribution in [3.63, 3.8) is 0 Å². The minimum absolute atomic E-state index is 0.0480. The van der Waals surface area contributed by atoms with E-state index in [0.717, 1.165) is 31.3 Å². The molecule has 0 spiro atoms. The largest absolute Gasteiger partial charge is 0.381 e. The minimum atomic E-state index is -3.49. The summed E-state index contributed by atoms with van der Waals surface area (Å²) in [5.41, 5.74) is -4.41. The minimum Gasteiger partial charge on any atom is -0.381 e. The normalized spacial score (nSPS) is 47.1. The van der Waals surface area contributed by atoms with Crippen LogP contribution in [0.15, 0.2) is 23.3 Å². The lowest BCUT2D eigenvalue weighted by Gasteiger charge is -2.71. The van der Waals surface area contributed by atoms with Crippen LogP contribution < -0.4 is 4.72 Å². The number of carbonyl (C=O) groups excluding carboxylic acids is 2. The van der Waals surface area contributed by atoms with Gasteiger partial charge in [0, 0.05) is 27.7 Å². The molecule has 0 bridgehead atoms. The zero-order chi connectivity index (χ0) is 30.7. The average Bonchev–Trinajstić information content (AvgIpc) is 2.86. The van der Waals surface area contributed by atoms with Crippen molar-refractivity contribution in [1.29, 1.82) is 5.26 Å². The number of hydrogen-bond donors (Lipinski definition) is 2. The van der Waals surface area contributed by atoms with Gasteiger partial charge in [-0.3, -0.25) is 9.59 Å². The van der Waals surface area contributed by atoms with E-state index in [0.29, 0.717) is 25.7 Å². The van der Waals surface area contributed by atoms with Crippen molar-refractivity contribution in [2.45, 2.75) is 118 Å². The fourth-order valence-corrected chi connectivity index (χ4v) is 12.1. The fraction of sp³-hybridized carbons (Fsp3) is 0.788. The van der Waals surface area contributed by atoms with Crippen LogP contribution in [0.5, 0.6) is 0 Å². The number of hydrogen-bond acceptors (Lipinski definition) is 6. The van der Waals surface area contributed by atoms with E-state index in [-0.39, 0.29) is 34.2 Å². The smallest absolute Gasteiger partial charge is 0.212 e. The summed E-state index contributed by atoms with van der Waals surface area (Å²) in [4.78, 5) is 27.8. The number of nitriles is 1. The molecule has 2 N–H and O–H groups in total. The van der Waals surface area contributed by atoms with Crippen LogP contribution in [-0.4, -0.2) is 42.0 Å². The number of fused-ring (bicyclic) bond motifs is 7. The van der Waals surface area contributed by atoms with Crippen molar-refractivity contribution in [3.05, 3.63) is 23.3 Å². The van der Waals surface area contributed by atoms with Gasteiger partial charge in [0.15, 0.2) is 11.6 Å². The van der Waals surface area contributed by atoms with Gasteiger partial charge < -0.3 is 5.11 Å². The van der Waals surface area contributed by atoms with E-state index >= 15 is 0 Å². The van der Waals surface area contributed by atoms with Crippen LogP contribution >= 0.6 is 0 Å². The van der Waals surface area contributed by atoms with Crippen LogP contribution in [0.25, 0.3) is 0 Å². The first-order valence-corrected chi connectivity index (χ1v) is 17.0. The van der Waals surface area contributed by atoms with E-state index in [1.54, 1.807) is 6.08 Å². The Hall–Kier alpha value is -1.82. The number of allylic oxidation sites excluding steroid dienone is 3. The van der Waals surface area contributed by atoms with Crippen molar-refractivity contribution in [3.8, 4) is 6.07 Å². The third kappa shape index (κ3) is 3.83. The third-order valence-electron chi connectivity index (χ3n) is 13.1. The number of nitrogens with zero attached hydrogens (tertiary/aromatic N) is 1. The molecule has 3 fully saturated rings. The molecule has 0 aliphatic heterocycles. The molecule has 5 rings (SSSR count). The third-order valence-corrected chi connectivity index (χ3v) is 14.9. The van der Waals surface area contributed by atoms with Gasteiger partial charge >= 0.3 is 0 Å². The van der Waals surface area contributed by atoms with E-state index in [1.165, 1.54) is 0 Å². The summed E-state index contributed by atoms with van der Waals surface area (Å²) in [6, 6.07) is 2.13. The van der Waals surface area contributed by atoms with Gasteiger partial charge in [0.05, 0.1) is 11.3 Å². The lowest BCUT2D eigenvalue weighted by Crippen LogP contribution is -2.74. The van der Waals surface area contributed by atoms with Gasteiger partial charge in [-0.15, -0.1) is 0 Å². The zero-order valence-electron chi connectivity index (χ0n) is 26.1. The first-order valence-electron chi connectivity index (χ1n) is 15.4. The Morgan fingerprint density at radius 1 is 1.00 bits per heavy atom.